The number of aromatic nitrogens is 1. The van der Waals surface area contributed by atoms with E-state index in [-0.39, 0.29) is 18.2 Å². The maximum Gasteiger partial charge on any atom is 0.326 e. The SMILES string of the molecule is CC(C)C(NC(=O)C1CCCN1)C(=O)NC(CC(=O)O)C(=O)NC(Cc1c[nH]c2ccccc12)C(=O)O. The van der Waals surface area contributed by atoms with E-state index in [9.17, 15) is 34.2 Å². The molecule has 0 saturated carbocycles. The molecule has 1 aliphatic rings. The van der Waals surface area contributed by atoms with Crippen LogP contribution in [0.15, 0.2) is 30.5 Å². The van der Waals surface area contributed by atoms with Crippen LogP contribution in [0, 0.1) is 5.92 Å². The summed E-state index contributed by atoms with van der Waals surface area (Å²) in [5.41, 5.74) is 1.46. The van der Waals surface area contributed by atoms with Gasteiger partial charge in [-0.1, -0.05) is 32.0 Å². The van der Waals surface area contributed by atoms with E-state index in [0.717, 1.165) is 17.3 Å². The number of carboxylic acid groups (broad SMARTS) is 2. The average Bonchev–Trinajstić information content (AvgIpc) is 3.51. The Labute approximate surface area is 213 Å². The van der Waals surface area contributed by atoms with Crippen LogP contribution in [0.2, 0.25) is 0 Å². The number of rotatable bonds is 12. The zero-order valence-electron chi connectivity index (χ0n) is 20.7. The Morgan fingerprint density at radius 1 is 1.00 bits per heavy atom. The van der Waals surface area contributed by atoms with E-state index in [1.165, 1.54) is 0 Å². The maximum atomic E-state index is 13.0. The van der Waals surface area contributed by atoms with Crippen LogP contribution >= 0.6 is 0 Å². The van der Waals surface area contributed by atoms with Crippen molar-refractivity contribution in [2.45, 2.75) is 63.7 Å². The molecule has 2 aromatic rings. The van der Waals surface area contributed by atoms with Crippen molar-refractivity contribution in [1.29, 1.82) is 0 Å². The van der Waals surface area contributed by atoms with E-state index < -0.39 is 54.3 Å². The fourth-order valence-electron chi connectivity index (χ4n) is 4.34. The molecule has 1 aromatic heterocycles. The van der Waals surface area contributed by atoms with Crippen molar-refractivity contribution in [3.8, 4) is 0 Å². The number of carboxylic acids is 2. The van der Waals surface area contributed by atoms with Gasteiger partial charge in [0.25, 0.3) is 0 Å². The second-order valence-corrected chi connectivity index (χ2v) is 9.50. The van der Waals surface area contributed by atoms with Crippen LogP contribution < -0.4 is 21.3 Å². The number of hydrogen-bond donors (Lipinski definition) is 7. The highest BCUT2D eigenvalue weighted by molar-refractivity contribution is 5.96. The number of carbonyl (C=O) groups excluding carboxylic acids is 3. The fourth-order valence-corrected chi connectivity index (χ4v) is 4.34. The van der Waals surface area contributed by atoms with Gasteiger partial charge in [-0.05, 0) is 36.9 Å². The average molecular weight is 516 g/mol. The number of aromatic amines is 1. The van der Waals surface area contributed by atoms with Crippen LogP contribution in [0.25, 0.3) is 10.9 Å². The summed E-state index contributed by atoms with van der Waals surface area (Å²) in [5, 5.41) is 30.3. The van der Waals surface area contributed by atoms with Gasteiger partial charge in [0.05, 0.1) is 12.5 Å². The topological polar surface area (TPSA) is 190 Å². The van der Waals surface area contributed by atoms with Gasteiger partial charge >= 0.3 is 11.9 Å². The molecule has 1 aliphatic heterocycles. The highest BCUT2D eigenvalue weighted by Gasteiger charge is 2.33. The molecule has 7 N–H and O–H groups in total. The standard InChI is InChI=1S/C25H33N5O7/c1-13(2)21(30-22(33)17-8-5-9-26-17)24(35)28-18(11-20(31)32)23(34)29-19(25(36)37)10-14-12-27-16-7-4-3-6-15(14)16/h3-4,6-7,12-13,17-19,21,26-27H,5,8-11H2,1-2H3,(H,28,35)(H,29,34)(H,30,33)(H,31,32)(H,36,37). The Balaban J connectivity index is 1.71. The number of H-pyrrole nitrogens is 1. The molecule has 4 unspecified atom stereocenters. The normalized spacial score (nSPS) is 17.6. The summed E-state index contributed by atoms with van der Waals surface area (Å²) < 4.78 is 0. The van der Waals surface area contributed by atoms with Gasteiger partial charge in [0.2, 0.25) is 17.7 Å². The second kappa shape index (κ2) is 12.3. The van der Waals surface area contributed by atoms with Crippen molar-refractivity contribution in [1.82, 2.24) is 26.3 Å². The van der Waals surface area contributed by atoms with E-state index in [2.05, 4.69) is 26.3 Å². The van der Waals surface area contributed by atoms with Crippen molar-refractivity contribution in [3.05, 3.63) is 36.0 Å². The molecule has 1 saturated heterocycles. The number of hydrogen-bond acceptors (Lipinski definition) is 6. The smallest absolute Gasteiger partial charge is 0.326 e. The maximum absolute atomic E-state index is 13.0. The monoisotopic (exact) mass is 515 g/mol. The van der Waals surface area contributed by atoms with Gasteiger partial charge in [0, 0.05) is 23.5 Å². The van der Waals surface area contributed by atoms with Crippen molar-refractivity contribution < 1.29 is 34.2 Å². The molecule has 4 atom stereocenters. The van der Waals surface area contributed by atoms with Gasteiger partial charge in [0.15, 0.2) is 0 Å². The molecular weight excluding hydrogens is 482 g/mol. The number of aliphatic carboxylic acids is 2. The molecule has 0 aliphatic carbocycles. The Morgan fingerprint density at radius 2 is 1.70 bits per heavy atom. The molecule has 3 amide bonds. The lowest BCUT2D eigenvalue weighted by Gasteiger charge is -2.26. The Kier molecular flexibility index (Phi) is 9.23. The van der Waals surface area contributed by atoms with Crippen LogP contribution in [0.3, 0.4) is 0 Å². The first-order valence-corrected chi connectivity index (χ1v) is 12.2. The fraction of sp³-hybridized carbons (Fsp3) is 0.480. The van der Waals surface area contributed by atoms with E-state index in [1.807, 2.05) is 18.2 Å². The van der Waals surface area contributed by atoms with Crippen molar-refractivity contribution >= 4 is 40.6 Å². The summed E-state index contributed by atoms with van der Waals surface area (Å²) in [4.78, 5) is 64.9. The second-order valence-electron chi connectivity index (χ2n) is 9.50. The number of benzene rings is 1. The summed E-state index contributed by atoms with van der Waals surface area (Å²) >= 11 is 0. The third-order valence-corrected chi connectivity index (χ3v) is 6.35. The molecule has 0 radical (unpaired) electrons. The molecule has 1 fully saturated rings. The zero-order chi connectivity index (χ0) is 27.1. The number of nitrogens with one attached hydrogen (secondary N) is 5. The number of fused-ring (bicyclic) bond motifs is 1. The number of amides is 3. The quantitative estimate of drug-likeness (QED) is 0.208. The Morgan fingerprint density at radius 3 is 2.32 bits per heavy atom. The van der Waals surface area contributed by atoms with Crippen molar-refractivity contribution in [3.63, 3.8) is 0 Å². The van der Waals surface area contributed by atoms with Crippen LogP contribution in [0.5, 0.6) is 0 Å². The summed E-state index contributed by atoms with van der Waals surface area (Å²) in [5.74, 6) is -5.05. The minimum Gasteiger partial charge on any atom is -0.481 e. The molecule has 0 bridgehead atoms. The van der Waals surface area contributed by atoms with Crippen molar-refractivity contribution in [2.75, 3.05) is 6.54 Å². The summed E-state index contributed by atoms with van der Waals surface area (Å²) in [6.45, 7) is 4.11. The van der Waals surface area contributed by atoms with Crippen LogP contribution in [0.4, 0.5) is 0 Å². The molecule has 3 rings (SSSR count). The zero-order valence-corrected chi connectivity index (χ0v) is 20.7. The van der Waals surface area contributed by atoms with Gasteiger partial charge in [-0.25, -0.2) is 4.79 Å². The highest BCUT2D eigenvalue weighted by atomic mass is 16.4. The predicted molar refractivity (Wildman–Crippen MR) is 134 cm³/mol. The first-order valence-electron chi connectivity index (χ1n) is 12.2. The summed E-state index contributed by atoms with van der Waals surface area (Å²) in [6, 6.07) is 2.93. The lowest BCUT2D eigenvalue weighted by atomic mass is 10.0. The third-order valence-electron chi connectivity index (χ3n) is 6.35. The third kappa shape index (κ3) is 7.29. The van der Waals surface area contributed by atoms with Crippen molar-refractivity contribution in [2.24, 2.45) is 5.92 Å². The minimum atomic E-state index is -1.54. The lowest BCUT2D eigenvalue weighted by Crippen LogP contribution is -2.58. The molecule has 37 heavy (non-hydrogen) atoms. The number of carbonyl (C=O) groups is 5. The van der Waals surface area contributed by atoms with Gasteiger partial charge in [-0.15, -0.1) is 0 Å². The van der Waals surface area contributed by atoms with Crippen LogP contribution in [-0.4, -0.2) is 75.6 Å². The molecule has 12 heteroatoms. The van der Waals surface area contributed by atoms with Gasteiger partial charge in [-0.2, -0.15) is 0 Å². The summed E-state index contributed by atoms with van der Waals surface area (Å²) in [7, 11) is 0. The van der Waals surface area contributed by atoms with E-state index in [1.54, 1.807) is 26.1 Å². The lowest BCUT2D eigenvalue weighted by molar-refractivity contribution is -0.143. The van der Waals surface area contributed by atoms with Crippen LogP contribution in [0.1, 0.15) is 38.7 Å². The van der Waals surface area contributed by atoms with E-state index >= 15 is 0 Å². The summed E-state index contributed by atoms with van der Waals surface area (Å²) in [6.07, 6.45) is 2.30. The first-order chi connectivity index (χ1) is 17.6. The highest BCUT2D eigenvalue weighted by Crippen LogP contribution is 2.19. The number of para-hydroxylation sites is 1. The Hall–Kier alpha value is -3.93. The largest absolute Gasteiger partial charge is 0.481 e. The molecule has 1 aromatic carbocycles. The molecule has 200 valence electrons. The Bertz CT molecular complexity index is 1160. The molecule has 12 nitrogen and oxygen atoms in total. The predicted octanol–water partition coefficient (Wildman–Crippen LogP) is 0.132. The van der Waals surface area contributed by atoms with E-state index in [0.29, 0.717) is 18.5 Å². The van der Waals surface area contributed by atoms with E-state index in [4.69, 9.17) is 0 Å². The molecular formula is C25H33N5O7. The molecule has 2 heterocycles. The van der Waals surface area contributed by atoms with Gasteiger partial charge in [0.1, 0.15) is 18.1 Å². The molecule has 0 spiro atoms. The minimum absolute atomic E-state index is 0.0576. The first kappa shape index (κ1) is 27.7. The van der Waals surface area contributed by atoms with Crippen LogP contribution in [-0.2, 0) is 30.4 Å². The van der Waals surface area contributed by atoms with Gasteiger partial charge in [-0.3, -0.25) is 19.2 Å². The van der Waals surface area contributed by atoms with Gasteiger partial charge < -0.3 is 36.5 Å².